The molecular weight excluding hydrogens is 246 g/mol. The Balaban J connectivity index is 2.19. The molecule has 4 N–H and O–H groups in total. The van der Waals surface area contributed by atoms with Crippen LogP contribution in [0.3, 0.4) is 0 Å². The molecule has 0 aliphatic heterocycles. The molecule has 0 aromatic heterocycles. The van der Waals surface area contributed by atoms with Crippen molar-refractivity contribution in [1.29, 1.82) is 0 Å². The van der Waals surface area contributed by atoms with Crippen LogP contribution >= 0.6 is 0 Å². The summed E-state index contributed by atoms with van der Waals surface area (Å²) in [5.74, 6) is -0.942. The van der Waals surface area contributed by atoms with Crippen LogP contribution in [-0.2, 0) is 6.54 Å². The smallest absolute Gasteiger partial charge is 0.337 e. The van der Waals surface area contributed by atoms with Crippen molar-refractivity contribution in [3.05, 3.63) is 53.6 Å². The lowest BCUT2D eigenvalue weighted by molar-refractivity contribution is 0.0698. The minimum absolute atomic E-state index is 0.0399. The molecule has 0 saturated carbocycles. The SMILES string of the molecule is O=C(O)c1ccccc1NCc1cc(O)ccc1O. The average molecular weight is 259 g/mol. The quantitative estimate of drug-likeness (QED) is 0.633. The number of carbonyl (C=O) groups is 1. The third-order valence-electron chi connectivity index (χ3n) is 2.69. The fourth-order valence-corrected chi connectivity index (χ4v) is 1.73. The number of para-hydroxylation sites is 1. The molecule has 0 aliphatic rings. The van der Waals surface area contributed by atoms with Crippen molar-refractivity contribution >= 4 is 11.7 Å². The molecule has 0 amide bonds. The number of rotatable bonds is 4. The molecular formula is C14H13NO4. The highest BCUT2D eigenvalue weighted by Crippen LogP contribution is 2.24. The summed E-state index contributed by atoms with van der Waals surface area (Å²) in [7, 11) is 0. The minimum Gasteiger partial charge on any atom is -0.508 e. The number of aromatic carboxylic acids is 1. The molecule has 5 nitrogen and oxygen atoms in total. The first-order valence-electron chi connectivity index (χ1n) is 5.65. The van der Waals surface area contributed by atoms with Crippen LogP contribution in [0.2, 0.25) is 0 Å². The maximum atomic E-state index is 11.0. The van der Waals surface area contributed by atoms with E-state index in [2.05, 4.69) is 5.32 Å². The Bertz CT molecular complexity index is 610. The lowest BCUT2D eigenvalue weighted by Crippen LogP contribution is -2.06. The summed E-state index contributed by atoms with van der Waals surface area (Å²) < 4.78 is 0. The monoisotopic (exact) mass is 259 g/mol. The van der Waals surface area contributed by atoms with Crippen LogP contribution in [0, 0.1) is 0 Å². The summed E-state index contributed by atoms with van der Waals surface area (Å²) >= 11 is 0. The van der Waals surface area contributed by atoms with Gasteiger partial charge in [0, 0.05) is 17.8 Å². The number of carboxylic acids is 1. The van der Waals surface area contributed by atoms with E-state index in [1.807, 2.05) is 0 Å². The maximum Gasteiger partial charge on any atom is 0.337 e. The molecule has 0 fully saturated rings. The Labute approximate surface area is 109 Å². The standard InChI is InChI=1S/C14H13NO4/c16-10-5-6-13(17)9(7-10)8-15-12-4-2-1-3-11(12)14(18)19/h1-7,15-17H,8H2,(H,18,19). The molecule has 0 radical (unpaired) electrons. The fourth-order valence-electron chi connectivity index (χ4n) is 1.73. The van der Waals surface area contributed by atoms with Crippen LogP contribution in [0.4, 0.5) is 5.69 Å². The summed E-state index contributed by atoms with van der Waals surface area (Å²) in [4.78, 5) is 11.0. The van der Waals surface area contributed by atoms with Gasteiger partial charge in [0.05, 0.1) is 5.56 Å². The number of hydrogen-bond acceptors (Lipinski definition) is 4. The van der Waals surface area contributed by atoms with Crippen LogP contribution in [0.25, 0.3) is 0 Å². The van der Waals surface area contributed by atoms with Gasteiger partial charge in [0.25, 0.3) is 0 Å². The molecule has 98 valence electrons. The second-order valence-corrected chi connectivity index (χ2v) is 4.02. The van der Waals surface area contributed by atoms with Crippen molar-refractivity contribution in [2.75, 3.05) is 5.32 Å². The molecule has 0 saturated heterocycles. The molecule has 5 heteroatoms. The van der Waals surface area contributed by atoms with Gasteiger partial charge in [0.15, 0.2) is 0 Å². The van der Waals surface area contributed by atoms with E-state index in [4.69, 9.17) is 5.11 Å². The highest BCUT2D eigenvalue weighted by atomic mass is 16.4. The molecule has 0 aliphatic carbocycles. The first-order valence-corrected chi connectivity index (χ1v) is 5.65. The first-order chi connectivity index (χ1) is 9.08. The van der Waals surface area contributed by atoms with Crippen LogP contribution in [0.5, 0.6) is 11.5 Å². The lowest BCUT2D eigenvalue weighted by atomic mass is 10.1. The highest BCUT2D eigenvalue weighted by molar-refractivity contribution is 5.94. The molecule has 2 aromatic rings. The predicted octanol–water partition coefficient (Wildman–Crippen LogP) is 2.41. The Kier molecular flexibility index (Phi) is 3.56. The topological polar surface area (TPSA) is 89.8 Å². The van der Waals surface area contributed by atoms with E-state index in [0.717, 1.165) is 0 Å². The summed E-state index contributed by atoms with van der Waals surface area (Å²) in [6, 6.07) is 10.7. The van der Waals surface area contributed by atoms with Crippen LogP contribution in [-0.4, -0.2) is 21.3 Å². The van der Waals surface area contributed by atoms with Crippen LogP contribution < -0.4 is 5.32 Å². The van der Waals surface area contributed by atoms with Gasteiger partial charge >= 0.3 is 5.97 Å². The summed E-state index contributed by atoms with van der Waals surface area (Å²) in [6.45, 7) is 0.213. The fraction of sp³-hybridized carbons (Fsp3) is 0.0714. The largest absolute Gasteiger partial charge is 0.508 e. The number of benzene rings is 2. The summed E-state index contributed by atoms with van der Waals surface area (Å²) in [5.41, 5.74) is 1.10. The zero-order valence-corrected chi connectivity index (χ0v) is 10.00. The minimum atomic E-state index is -1.02. The van der Waals surface area contributed by atoms with Crippen molar-refractivity contribution in [1.82, 2.24) is 0 Å². The van der Waals surface area contributed by atoms with Crippen LogP contribution in [0.1, 0.15) is 15.9 Å². The van der Waals surface area contributed by atoms with Gasteiger partial charge in [-0.05, 0) is 30.3 Å². The Morgan fingerprint density at radius 2 is 1.84 bits per heavy atom. The second-order valence-electron chi connectivity index (χ2n) is 4.02. The van der Waals surface area contributed by atoms with E-state index in [0.29, 0.717) is 11.3 Å². The summed E-state index contributed by atoms with van der Waals surface area (Å²) in [5, 5.41) is 30.9. The number of anilines is 1. The van der Waals surface area contributed by atoms with E-state index >= 15 is 0 Å². The molecule has 2 rings (SSSR count). The van der Waals surface area contributed by atoms with E-state index in [1.165, 1.54) is 24.3 Å². The van der Waals surface area contributed by atoms with E-state index in [-0.39, 0.29) is 23.6 Å². The van der Waals surface area contributed by atoms with Gasteiger partial charge in [-0.1, -0.05) is 12.1 Å². The highest BCUT2D eigenvalue weighted by Gasteiger charge is 2.09. The third kappa shape index (κ3) is 2.95. The van der Waals surface area contributed by atoms with Crippen molar-refractivity contribution < 1.29 is 20.1 Å². The number of phenolic OH excluding ortho intramolecular Hbond substituents is 2. The normalized spacial score (nSPS) is 10.1. The number of phenols is 2. The van der Waals surface area contributed by atoms with Gasteiger partial charge in [0.1, 0.15) is 11.5 Å². The van der Waals surface area contributed by atoms with E-state index in [1.54, 1.807) is 18.2 Å². The number of aromatic hydroxyl groups is 2. The Hall–Kier alpha value is -2.69. The van der Waals surface area contributed by atoms with E-state index in [9.17, 15) is 15.0 Å². The van der Waals surface area contributed by atoms with Gasteiger partial charge in [-0.25, -0.2) is 4.79 Å². The number of nitrogens with one attached hydrogen (secondary N) is 1. The Morgan fingerprint density at radius 3 is 2.58 bits per heavy atom. The average Bonchev–Trinajstić information content (AvgIpc) is 2.40. The van der Waals surface area contributed by atoms with Crippen molar-refractivity contribution in [3.63, 3.8) is 0 Å². The van der Waals surface area contributed by atoms with Crippen molar-refractivity contribution in [2.24, 2.45) is 0 Å². The second kappa shape index (κ2) is 5.30. The lowest BCUT2D eigenvalue weighted by Gasteiger charge is -2.10. The zero-order valence-electron chi connectivity index (χ0n) is 10.00. The van der Waals surface area contributed by atoms with E-state index < -0.39 is 5.97 Å². The molecule has 0 spiro atoms. The van der Waals surface area contributed by atoms with Gasteiger partial charge < -0.3 is 20.6 Å². The molecule has 0 unspecified atom stereocenters. The van der Waals surface area contributed by atoms with Gasteiger partial charge in [-0.3, -0.25) is 0 Å². The van der Waals surface area contributed by atoms with Crippen molar-refractivity contribution in [3.8, 4) is 11.5 Å². The molecule has 0 bridgehead atoms. The first kappa shape index (κ1) is 12.8. The molecule has 2 aromatic carbocycles. The zero-order chi connectivity index (χ0) is 13.8. The predicted molar refractivity (Wildman–Crippen MR) is 70.5 cm³/mol. The van der Waals surface area contributed by atoms with Crippen molar-refractivity contribution in [2.45, 2.75) is 6.54 Å². The van der Waals surface area contributed by atoms with Gasteiger partial charge in [-0.2, -0.15) is 0 Å². The van der Waals surface area contributed by atoms with Gasteiger partial charge in [-0.15, -0.1) is 0 Å². The molecule has 19 heavy (non-hydrogen) atoms. The molecule has 0 heterocycles. The summed E-state index contributed by atoms with van der Waals surface area (Å²) in [6.07, 6.45) is 0. The number of carboxylic acid groups (broad SMARTS) is 1. The Morgan fingerprint density at radius 1 is 1.11 bits per heavy atom. The number of hydrogen-bond donors (Lipinski definition) is 4. The third-order valence-corrected chi connectivity index (χ3v) is 2.69. The van der Waals surface area contributed by atoms with Gasteiger partial charge in [0.2, 0.25) is 0 Å². The van der Waals surface area contributed by atoms with Crippen LogP contribution in [0.15, 0.2) is 42.5 Å². The maximum absolute atomic E-state index is 11.0. The molecule has 0 atom stereocenters.